The lowest BCUT2D eigenvalue weighted by Crippen LogP contribution is -2.45. The minimum Gasteiger partial charge on any atom is -0.341 e. The number of piperidine rings is 1. The Hall–Kier alpha value is -1.35. The second kappa shape index (κ2) is 7.60. The Morgan fingerprint density at radius 1 is 1.33 bits per heavy atom. The van der Waals surface area contributed by atoms with E-state index in [0.717, 1.165) is 19.5 Å². The molecule has 0 aromatic heterocycles. The van der Waals surface area contributed by atoms with Gasteiger partial charge in [-0.1, -0.05) is 44.2 Å². The van der Waals surface area contributed by atoms with Crippen LogP contribution in [0.2, 0.25) is 0 Å². The molecule has 1 aromatic carbocycles. The van der Waals surface area contributed by atoms with Crippen molar-refractivity contribution >= 4 is 5.91 Å². The first-order chi connectivity index (χ1) is 10.1. The zero-order chi connectivity index (χ0) is 15.2. The van der Waals surface area contributed by atoms with Crippen LogP contribution >= 0.6 is 0 Å². The second-order valence-electron chi connectivity index (χ2n) is 6.46. The molecule has 1 N–H and O–H groups in total. The molecule has 1 aliphatic heterocycles. The van der Waals surface area contributed by atoms with E-state index in [1.807, 2.05) is 11.0 Å². The first-order valence-electron chi connectivity index (χ1n) is 8.14. The molecule has 0 unspecified atom stereocenters. The van der Waals surface area contributed by atoms with Crippen molar-refractivity contribution < 1.29 is 4.79 Å². The van der Waals surface area contributed by atoms with E-state index in [9.17, 15) is 4.79 Å². The van der Waals surface area contributed by atoms with Crippen molar-refractivity contribution in [2.45, 2.75) is 45.6 Å². The SMILES string of the molecule is C[C@@H]1CCCN(C(=O)CN[C@H](C)[C@H](C)c2ccccc2)C1. The Balaban J connectivity index is 1.80. The summed E-state index contributed by atoms with van der Waals surface area (Å²) in [4.78, 5) is 14.3. The summed E-state index contributed by atoms with van der Waals surface area (Å²) in [5, 5.41) is 3.40. The first kappa shape index (κ1) is 16.0. The Morgan fingerprint density at radius 2 is 2.05 bits per heavy atom. The summed E-state index contributed by atoms with van der Waals surface area (Å²) in [6.45, 7) is 8.89. The summed E-state index contributed by atoms with van der Waals surface area (Å²) in [6.07, 6.45) is 2.39. The fourth-order valence-corrected chi connectivity index (χ4v) is 3.00. The highest BCUT2D eigenvalue weighted by Crippen LogP contribution is 2.19. The Kier molecular flexibility index (Phi) is 5.80. The van der Waals surface area contributed by atoms with Gasteiger partial charge in [0.2, 0.25) is 5.91 Å². The van der Waals surface area contributed by atoms with Crippen molar-refractivity contribution in [2.75, 3.05) is 19.6 Å². The highest BCUT2D eigenvalue weighted by atomic mass is 16.2. The van der Waals surface area contributed by atoms with Crippen molar-refractivity contribution in [2.24, 2.45) is 5.92 Å². The minimum atomic E-state index is 0.244. The van der Waals surface area contributed by atoms with Gasteiger partial charge < -0.3 is 10.2 Å². The largest absolute Gasteiger partial charge is 0.341 e. The fourth-order valence-electron chi connectivity index (χ4n) is 3.00. The molecule has 1 aliphatic rings. The maximum atomic E-state index is 12.3. The number of nitrogens with zero attached hydrogens (tertiary/aromatic N) is 1. The molecule has 1 amide bonds. The van der Waals surface area contributed by atoms with Gasteiger partial charge >= 0.3 is 0 Å². The van der Waals surface area contributed by atoms with Gasteiger partial charge in [0.15, 0.2) is 0 Å². The van der Waals surface area contributed by atoms with Crippen molar-refractivity contribution in [1.29, 1.82) is 0 Å². The van der Waals surface area contributed by atoms with Crippen LogP contribution in [0.15, 0.2) is 30.3 Å². The van der Waals surface area contributed by atoms with E-state index in [1.54, 1.807) is 0 Å². The van der Waals surface area contributed by atoms with Crippen LogP contribution in [0.3, 0.4) is 0 Å². The molecule has 1 aromatic rings. The van der Waals surface area contributed by atoms with E-state index < -0.39 is 0 Å². The van der Waals surface area contributed by atoms with Crippen LogP contribution in [0.4, 0.5) is 0 Å². The smallest absolute Gasteiger partial charge is 0.236 e. The quantitative estimate of drug-likeness (QED) is 0.903. The average Bonchev–Trinajstić information content (AvgIpc) is 2.52. The van der Waals surface area contributed by atoms with E-state index in [1.165, 1.54) is 12.0 Å². The van der Waals surface area contributed by atoms with Gasteiger partial charge in [-0.05, 0) is 37.2 Å². The normalized spacial score (nSPS) is 21.9. The van der Waals surface area contributed by atoms with Gasteiger partial charge in [-0.2, -0.15) is 0 Å². The Labute approximate surface area is 128 Å². The van der Waals surface area contributed by atoms with Crippen LogP contribution in [-0.2, 0) is 4.79 Å². The third-order valence-corrected chi connectivity index (χ3v) is 4.66. The maximum absolute atomic E-state index is 12.3. The third kappa shape index (κ3) is 4.57. The van der Waals surface area contributed by atoms with E-state index in [0.29, 0.717) is 24.4 Å². The maximum Gasteiger partial charge on any atom is 0.236 e. The van der Waals surface area contributed by atoms with Crippen LogP contribution < -0.4 is 5.32 Å². The van der Waals surface area contributed by atoms with Crippen molar-refractivity contribution in [3.05, 3.63) is 35.9 Å². The number of likely N-dealkylation sites (tertiary alicyclic amines) is 1. The Bertz CT molecular complexity index is 446. The van der Waals surface area contributed by atoms with Gasteiger partial charge in [0.1, 0.15) is 0 Å². The van der Waals surface area contributed by atoms with Gasteiger partial charge in [-0.25, -0.2) is 0 Å². The summed E-state index contributed by atoms with van der Waals surface area (Å²) < 4.78 is 0. The van der Waals surface area contributed by atoms with Crippen LogP contribution in [-0.4, -0.2) is 36.5 Å². The van der Waals surface area contributed by atoms with Gasteiger partial charge in [-0.3, -0.25) is 4.79 Å². The van der Waals surface area contributed by atoms with Gasteiger partial charge in [0.25, 0.3) is 0 Å². The van der Waals surface area contributed by atoms with Crippen LogP contribution in [0, 0.1) is 5.92 Å². The van der Waals surface area contributed by atoms with Crippen LogP contribution in [0.25, 0.3) is 0 Å². The molecule has 3 nitrogen and oxygen atoms in total. The summed E-state index contributed by atoms with van der Waals surface area (Å²) >= 11 is 0. The molecule has 21 heavy (non-hydrogen) atoms. The van der Waals surface area contributed by atoms with E-state index in [2.05, 4.69) is 50.4 Å². The number of nitrogens with one attached hydrogen (secondary N) is 1. The van der Waals surface area contributed by atoms with E-state index in [4.69, 9.17) is 0 Å². The minimum absolute atomic E-state index is 0.244. The topological polar surface area (TPSA) is 32.3 Å². The molecular formula is C18H28N2O. The summed E-state index contributed by atoms with van der Waals surface area (Å²) in [6, 6.07) is 10.8. The lowest BCUT2D eigenvalue weighted by Gasteiger charge is -2.32. The fraction of sp³-hybridized carbons (Fsp3) is 0.611. The first-order valence-corrected chi connectivity index (χ1v) is 8.14. The van der Waals surface area contributed by atoms with Crippen molar-refractivity contribution in [3.63, 3.8) is 0 Å². The van der Waals surface area contributed by atoms with Gasteiger partial charge in [0, 0.05) is 19.1 Å². The van der Waals surface area contributed by atoms with Crippen molar-refractivity contribution in [3.8, 4) is 0 Å². The van der Waals surface area contributed by atoms with Gasteiger partial charge in [0.05, 0.1) is 6.54 Å². The molecule has 3 heteroatoms. The third-order valence-electron chi connectivity index (χ3n) is 4.66. The van der Waals surface area contributed by atoms with E-state index >= 15 is 0 Å². The highest BCUT2D eigenvalue weighted by Gasteiger charge is 2.22. The summed E-state index contributed by atoms with van der Waals surface area (Å²) in [5.41, 5.74) is 1.32. The number of carbonyl (C=O) groups excluding carboxylic acids is 1. The molecule has 116 valence electrons. The molecule has 3 atom stereocenters. The molecule has 2 rings (SSSR count). The molecule has 0 saturated carbocycles. The lowest BCUT2D eigenvalue weighted by molar-refractivity contribution is -0.132. The highest BCUT2D eigenvalue weighted by molar-refractivity contribution is 5.78. The number of hydrogen-bond donors (Lipinski definition) is 1. The van der Waals surface area contributed by atoms with Crippen LogP contribution in [0.5, 0.6) is 0 Å². The lowest BCUT2D eigenvalue weighted by atomic mass is 9.94. The number of carbonyl (C=O) groups is 1. The molecule has 1 heterocycles. The molecule has 0 spiro atoms. The zero-order valence-electron chi connectivity index (χ0n) is 13.5. The molecule has 1 saturated heterocycles. The summed E-state index contributed by atoms with van der Waals surface area (Å²) in [7, 11) is 0. The van der Waals surface area contributed by atoms with Crippen molar-refractivity contribution in [1.82, 2.24) is 10.2 Å². The molecule has 0 aliphatic carbocycles. The zero-order valence-corrected chi connectivity index (χ0v) is 13.5. The van der Waals surface area contributed by atoms with Crippen LogP contribution in [0.1, 0.15) is 45.1 Å². The monoisotopic (exact) mass is 288 g/mol. The predicted octanol–water partition coefficient (Wildman–Crippen LogP) is 3.03. The Morgan fingerprint density at radius 3 is 2.71 bits per heavy atom. The molecule has 0 bridgehead atoms. The molecular weight excluding hydrogens is 260 g/mol. The number of rotatable bonds is 5. The molecule has 1 fully saturated rings. The number of hydrogen-bond acceptors (Lipinski definition) is 2. The standard InChI is InChI=1S/C18H28N2O/c1-14-8-7-11-20(13-14)18(21)12-19-16(3)15(2)17-9-5-4-6-10-17/h4-6,9-10,14-16,19H,7-8,11-13H2,1-3H3/t14-,15+,16-/m1/s1. The summed E-state index contributed by atoms with van der Waals surface area (Å²) in [5.74, 6) is 1.29. The predicted molar refractivity (Wildman–Crippen MR) is 87.3 cm³/mol. The van der Waals surface area contributed by atoms with E-state index in [-0.39, 0.29) is 5.91 Å². The second-order valence-corrected chi connectivity index (χ2v) is 6.46. The number of amides is 1. The average molecular weight is 288 g/mol. The number of benzene rings is 1. The molecule has 0 radical (unpaired) electrons. The van der Waals surface area contributed by atoms with Gasteiger partial charge in [-0.15, -0.1) is 0 Å².